The molecular weight excluding hydrogens is 410 g/mol. The van der Waals surface area contributed by atoms with Gasteiger partial charge in [-0.25, -0.2) is 4.79 Å². The Morgan fingerprint density at radius 2 is 1.84 bits per heavy atom. The lowest BCUT2D eigenvalue weighted by molar-refractivity contribution is -0.137. The molecule has 0 aliphatic carbocycles. The van der Waals surface area contributed by atoms with Crippen LogP contribution in [0.3, 0.4) is 0 Å². The maximum absolute atomic E-state index is 11.4. The van der Waals surface area contributed by atoms with E-state index in [2.05, 4.69) is 10.2 Å². The molecule has 0 amide bonds. The van der Waals surface area contributed by atoms with E-state index >= 15 is 0 Å². The molecule has 2 aromatic carbocycles. The number of carbonyl (C=O) groups is 1. The maximum atomic E-state index is 11.4. The fraction of sp³-hybridized carbons (Fsp3) is 0.375. The third-order valence-corrected chi connectivity index (χ3v) is 4.78. The zero-order chi connectivity index (χ0) is 23.3. The van der Waals surface area contributed by atoms with Gasteiger partial charge in [-0.15, -0.1) is 15.0 Å². The minimum Gasteiger partial charge on any atom is -0.505 e. The first-order valence-electron chi connectivity index (χ1n) is 10.4. The van der Waals surface area contributed by atoms with Crippen LogP contribution >= 0.6 is 0 Å². The van der Waals surface area contributed by atoms with Crippen LogP contribution in [0.4, 0.5) is 0 Å². The smallest absolute Gasteiger partial charge is 0.330 e. The average molecular weight is 440 g/mol. The second-order valence-electron chi connectivity index (χ2n) is 8.30. The lowest BCUT2D eigenvalue weighted by atomic mass is 9.86. The van der Waals surface area contributed by atoms with Gasteiger partial charge in [0.15, 0.2) is 0 Å². The summed E-state index contributed by atoms with van der Waals surface area (Å²) in [5.41, 5.74) is 2.12. The first kappa shape index (κ1) is 23.1. The number of hydrogen-bond acceptors (Lipinski definition) is 7. The van der Waals surface area contributed by atoms with Gasteiger partial charge in [0.25, 0.3) is 0 Å². The number of benzene rings is 2. The molecule has 3 aromatic rings. The number of methoxy groups -OCH3 is 1. The second-order valence-corrected chi connectivity index (χ2v) is 8.30. The number of hydrogen-bond donors (Lipinski definition) is 1. The van der Waals surface area contributed by atoms with Crippen molar-refractivity contribution in [2.75, 3.05) is 20.3 Å². The van der Waals surface area contributed by atoms with E-state index in [9.17, 15) is 9.90 Å². The van der Waals surface area contributed by atoms with Gasteiger partial charge in [0, 0.05) is 30.2 Å². The molecule has 1 aromatic heterocycles. The van der Waals surface area contributed by atoms with E-state index in [1.807, 2.05) is 39.0 Å². The van der Waals surface area contributed by atoms with Gasteiger partial charge < -0.3 is 19.3 Å². The summed E-state index contributed by atoms with van der Waals surface area (Å²) in [7, 11) is 1.59. The fourth-order valence-corrected chi connectivity index (χ4v) is 3.14. The Kier molecular flexibility index (Phi) is 7.02. The van der Waals surface area contributed by atoms with Crippen LogP contribution in [0.1, 0.15) is 39.7 Å². The minimum atomic E-state index is -0.372. The molecule has 0 aliphatic heterocycles. The summed E-state index contributed by atoms with van der Waals surface area (Å²) in [5.74, 6) is 0.970. The van der Waals surface area contributed by atoms with Crippen molar-refractivity contribution in [3.05, 3.63) is 48.0 Å². The van der Waals surface area contributed by atoms with Crippen molar-refractivity contribution < 1.29 is 24.1 Å². The number of aromatic nitrogens is 3. The highest BCUT2D eigenvalue weighted by Crippen LogP contribution is 2.38. The van der Waals surface area contributed by atoms with Crippen molar-refractivity contribution in [1.82, 2.24) is 15.0 Å². The normalized spacial score (nSPS) is 11.8. The number of fused-ring (bicyclic) bond motifs is 1. The minimum absolute atomic E-state index is 0.0948. The van der Waals surface area contributed by atoms with E-state index in [0.717, 1.165) is 0 Å². The molecule has 1 heterocycles. The molecular formula is C24H29N3O5. The molecule has 0 spiro atoms. The molecule has 32 heavy (non-hydrogen) atoms. The van der Waals surface area contributed by atoms with Crippen LogP contribution in [0.25, 0.3) is 16.7 Å². The highest BCUT2D eigenvalue weighted by molar-refractivity contribution is 5.81. The van der Waals surface area contributed by atoms with Crippen LogP contribution in [-0.4, -0.2) is 46.4 Å². The summed E-state index contributed by atoms with van der Waals surface area (Å²) < 4.78 is 16.2. The molecule has 8 nitrogen and oxygen atoms in total. The van der Waals surface area contributed by atoms with Gasteiger partial charge in [-0.1, -0.05) is 26.8 Å². The molecule has 0 fully saturated rings. The fourth-order valence-electron chi connectivity index (χ4n) is 3.14. The van der Waals surface area contributed by atoms with E-state index in [0.29, 0.717) is 46.8 Å². The van der Waals surface area contributed by atoms with Crippen LogP contribution in [0.15, 0.2) is 42.5 Å². The maximum Gasteiger partial charge on any atom is 0.330 e. The van der Waals surface area contributed by atoms with Crippen molar-refractivity contribution in [3.8, 4) is 22.9 Å². The van der Waals surface area contributed by atoms with Gasteiger partial charge in [0.1, 0.15) is 34.0 Å². The number of allylic oxidation sites excluding steroid dienone is 1. The Hall–Kier alpha value is -3.55. The Morgan fingerprint density at radius 1 is 1.09 bits per heavy atom. The molecule has 0 bridgehead atoms. The lowest BCUT2D eigenvalue weighted by Crippen LogP contribution is -2.14. The summed E-state index contributed by atoms with van der Waals surface area (Å²) in [6.07, 6.45) is 3.54. The van der Waals surface area contributed by atoms with Crippen LogP contribution in [-0.2, 0) is 14.9 Å². The Bertz CT molecular complexity index is 1130. The molecule has 0 aliphatic rings. The first-order chi connectivity index (χ1) is 15.2. The van der Waals surface area contributed by atoms with Crippen molar-refractivity contribution in [2.45, 2.75) is 39.5 Å². The van der Waals surface area contributed by atoms with Crippen LogP contribution < -0.4 is 9.47 Å². The number of carbonyl (C=O) groups excluding carboxylic acids is 1. The predicted molar refractivity (Wildman–Crippen MR) is 122 cm³/mol. The van der Waals surface area contributed by atoms with Gasteiger partial charge in [0.2, 0.25) is 0 Å². The summed E-state index contributed by atoms with van der Waals surface area (Å²) in [6.45, 7) is 8.39. The SMILES string of the molecule is CC=CC(=O)OCCCOc1cc(-n2nc3ccc(OC)cc3n2)c(O)c(C(C)(C)C)c1. The molecule has 1 N–H and O–H groups in total. The lowest BCUT2D eigenvalue weighted by Gasteiger charge is -2.23. The van der Waals surface area contributed by atoms with Crippen molar-refractivity contribution in [1.29, 1.82) is 0 Å². The summed E-state index contributed by atoms with van der Waals surface area (Å²) in [4.78, 5) is 12.8. The molecule has 0 atom stereocenters. The summed E-state index contributed by atoms with van der Waals surface area (Å²) >= 11 is 0. The molecule has 0 radical (unpaired) electrons. The quantitative estimate of drug-likeness (QED) is 0.317. The number of esters is 1. The Morgan fingerprint density at radius 3 is 2.53 bits per heavy atom. The first-order valence-corrected chi connectivity index (χ1v) is 10.4. The highest BCUT2D eigenvalue weighted by Gasteiger charge is 2.24. The average Bonchev–Trinajstić information content (AvgIpc) is 3.16. The van der Waals surface area contributed by atoms with Crippen LogP contribution in [0, 0.1) is 0 Å². The number of phenolic OH excluding ortho intramolecular Hbond substituents is 1. The standard InChI is InChI=1S/C24H29N3O5/c1-6-8-22(28)32-12-7-11-31-17-13-18(24(2,3)4)23(29)21(15-17)27-25-19-10-9-16(30-5)14-20(19)26-27/h6,8-10,13-15,29H,7,11-12H2,1-5H3. The largest absolute Gasteiger partial charge is 0.505 e. The van der Waals surface area contributed by atoms with Gasteiger partial charge in [0.05, 0.1) is 20.3 Å². The van der Waals surface area contributed by atoms with E-state index in [1.165, 1.54) is 10.9 Å². The zero-order valence-electron chi connectivity index (χ0n) is 19.1. The van der Waals surface area contributed by atoms with Crippen molar-refractivity contribution in [3.63, 3.8) is 0 Å². The molecule has 3 rings (SSSR count). The Balaban J connectivity index is 1.86. The van der Waals surface area contributed by atoms with Crippen molar-refractivity contribution >= 4 is 17.0 Å². The van der Waals surface area contributed by atoms with Gasteiger partial charge >= 0.3 is 5.97 Å². The number of aromatic hydroxyl groups is 1. The van der Waals surface area contributed by atoms with Crippen molar-refractivity contribution in [2.24, 2.45) is 0 Å². The van der Waals surface area contributed by atoms with E-state index in [1.54, 1.807) is 32.2 Å². The number of phenols is 1. The predicted octanol–water partition coefficient (Wildman–Crippen LogP) is 4.32. The topological polar surface area (TPSA) is 95.7 Å². The van der Waals surface area contributed by atoms with Gasteiger partial charge in [-0.2, -0.15) is 0 Å². The zero-order valence-corrected chi connectivity index (χ0v) is 19.1. The van der Waals surface area contributed by atoms with Gasteiger partial charge in [-0.05, 0) is 30.5 Å². The summed E-state index contributed by atoms with van der Waals surface area (Å²) in [6, 6.07) is 8.93. The number of nitrogens with zero attached hydrogens (tertiary/aromatic N) is 3. The molecule has 0 saturated heterocycles. The van der Waals surface area contributed by atoms with E-state index in [-0.39, 0.29) is 23.7 Å². The number of ether oxygens (including phenoxy) is 3. The molecule has 0 saturated carbocycles. The van der Waals surface area contributed by atoms with Crippen LogP contribution in [0.2, 0.25) is 0 Å². The van der Waals surface area contributed by atoms with E-state index in [4.69, 9.17) is 14.2 Å². The van der Waals surface area contributed by atoms with Crippen LogP contribution in [0.5, 0.6) is 17.2 Å². The molecule has 170 valence electrons. The second kappa shape index (κ2) is 9.72. The third-order valence-electron chi connectivity index (χ3n) is 4.78. The third kappa shape index (κ3) is 5.38. The number of rotatable bonds is 8. The monoisotopic (exact) mass is 439 g/mol. The molecule has 0 unspecified atom stereocenters. The highest BCUT2D eigenvalue weighted by atomic mass is 16.5. The summed E-state index contributed by atoms with van der Waals surface area (Å²) in [5, 5.41) is 20.0. The Labute approximate surface area is 187 Å². The van der Waals surface area contributed by atoms with E-state index < -0.39 is 0 Å². The molecule has 8 heteroatoms. The van der Waals surface area contributed by atoms with Gasteiger partial charge in [-0.3, -0.25) is 0 Å².